The number of rotatable bonds is 2. The van der Waals surface area contributed by atoms with E-state index in [-0.39, 0.29) is 16.3 Å². The standard InChI is InChI=1S/C13H11ClF2N2O/c1-18-10(2-3-17-18)11-12(16)8(14)4-7(13(11)19)6-5-9(6)15/h2-4,6,9,19H,5H2,1H3. The lowest BCUT2D eigenvalue weighted by Crippen LogP contribution is -1.99. The molecule has 1 N–H and O–H groups in total. The van der Waals surface area contributed by atoms with Gasteiger partial charge < -0.3 is 5.11 Å². The van der Waals surface area contributed by atoms with Crippen LogP contribution in [0.3, 0.4) is 0 Å². The second-order valence-electron chi connectivity index (χ2n) is 4.68. The largest absolute Gasteiger partial charge is 0.507 e. The second kappa shape index (κ2) is 4.20. The van der Waals surface area contributed by atoms with Gasteiger partial charge in [-0.2, -0.15) is 5.10 Å². The summed E-state index contributed by atoms with van der Waals surface area (Å²) < 4.78 is 28.7. The topological polar surface area (TPSA) is 38.0 Å². The first-order chi connectivity index (χ1) is 9.00. The highest BCUT2D eigenvalue weighted by Crippen LogP contribution is 2.50. The molecule has 2 aromatic rings. The van der Waals surface area contributed by atoms with Crippen LogP contribution < -0.4 is 0 Å². The highest BCUT2D eigenvalue weighted by molar-refractivity contribution is 6.31. The third-order valence-corrected chi connectivity index (χ3v) is 3.69. The van der Waals surface area contributed by atoms with E-state index in [4.69, 9.17) is 11.6 Å². The molecule has 3 nitrogen and oxygen atoms in total. The van der Waals surface area contributed by atoms with E-state index < -0.39 is 17.9 Å². The third kappa shape index (κ3) is 1.89. The van der Waals surface area contributed by atoms with Crippen LogP contribution in [0.25, 0.3) is 11.3 Å². The molecular formula is C13H11ClF2N2O. The van der Waals surface area contributed by atoms with Crippen molar-refractivity contribution in [1.29, 1.82) is 0 Å². The molecule has 1 aliphatic rings. The van der Waals surface area contributed by atoms with Crippen molar-refractivity contribution in [1.82, 2.24) is 9.78 Å². The molecule has 19 heavy (non-hydrogen) atoms. The number of phenolic OH excluding ortho intramolecular Hbond substituents is 1. The number of aromatic hydroxyl groups is 1. The van der Waals surface area contributed by atoms with Gasteiger partial charge in [-0.05, 0) is 18.6 Å². The van der Waals surface area contributed by atoms with Crippen LogP contribution in [0, 0.1) is 5.82 Å². The monoisotopic (exact) mass is 284 g/mol. The molecule has 0 amide bonds. The Balaban J connectivity index is 2.23. The van der Waals surface area contributed by atoms with E-state index in [0.717, 1.165) is 0 Å². The van der Waals surface area contributed by atoms with Crippen LogP contribution in [0.5, 0.6) is 5.75 Å². The fourth-order valence-corrected chi connectivity index (χ4v) is 2.47. The smallest absolute Gasteiger partial charge is 0.154 e. The Morgan fingerprint density at radius 1 is 1.53 bits per heavy atom. The predicted octanol–water partition coefficient (Wildman–Crippen LogP) is 3.41. The zero-order chi connectivity index (χ0) is 13.7. The van der Waals surface area contributed by atoms with E-state index >= 15 is 0 Å². The van der Waals surface area contributed by atoms with Crippen LogP contribution in [0.2, 0.25) is 5.02 Å². The molecule has 100 valence electrons. The maximum absolute atomic E-state index is 14.1. The Bertz CT molecular complexity index is 656. The fraction of sp³-hybridized carbons (Fsp3) is 0.308. The number of hydrogen-bond donors (Lipinski definition) is 1. The quantitative estimate of drug-likeness (QED) is 0.918. The summed E-state index contributed by atoms with van der Waals surface area (Å²) in [7, 11) is 1.63. The van der Waals surface area contributed by atoms with Gasteiger partial charge in [0.1, 0.15) is 11.9 Å². The molecule has 1 heterocycles. The van der Waals surface area contributed by atoms with Crippen LogP contribution in [0.4, 0.5) is 8.78 Å². The highest BCUT2D eigenvalue weighted by atomic mass is 35.5. The fourth-order valence-electron chi connectivity index (χ4n) is 2.26. The lowest BCUT2D eigenvalue weighted by molar-refractivity contribution is 0.446. The number of benzene rings is 1. The van der Waals surface area contributed by atoms with E-state index in [2.05, 4.69) is 5.10 Å². The molecule has 1 fully saturated rings. The summed E-state index contributed by atoms with van der Waals surface area (Å²) in [5.74, 6) is -1.37. The van der Waals surface area contributed by atoms with Gasteiger partial charge in [-0.15, -0.1) is 0 Å². The van der Waals surface area contributed by atoms with E-state index in [1.54, 1.807) is 13.1 Å². The number of alkyl halides is 1. The van der Waals surface area contributed by atoms with Crippen molar-refractivity contribution in [3.8, 4) is 17.0 Å². The maximum atomic E-state index is 14.1. The summed E-state index contributed by atoms with van der Waals surface area (Å²) in [6.45, 7) is 0. The SMILES string of the molecule is Cn1nccc1-c1c(O)c(C2CC2F)cc(Cl)c1F. The first kappa shape index (κ1) is 12.4. The van der Waals surface area contributed by atoms with E-state index in [9.17, 15) is 13.9 Å². The van der Waals surface area contributed by atoms with Crippen molar-refractivity contribution in [2.24, 2.45) is 7.05 Å². The van der Waals surface area contributed by atoms with Gasteiger partial charge in [0.25, 0.3) is 0 Å². The molecule has 0 radical (unpaired) electrons. The van der Waals surface area contributed by atoms with Gasteiger partial charge >= 0.3 is 0 Å². The molecule has 1 aromatic heterocycles. The molecule has 6 heteroatoms. The van der Waals surface area contributed by atoms with Crippen molar-refractivity contribution in [3.63, 3.8) is 0 Å². The summed E-state index contributed by atoms with van der Waals surface area (Å²) in [6, 6.07) is 2.87. The number of aryl methyl sites for hydroxylation is 1. The zero-order valence-corrected chi connectivity index (χ0v) is 10.8. The maximum Gasteiger partial charge on any atom is 0.154 e. The van der Waals surface area contributed by atoms with Crippen molar-refractivity contribution in [2.75, 3.05) is 0 Å². The minimum absolute atomic E-state index is 0.0263. The van der Waals surface area contributed by atoms with Crippen molar-refractivity contribution < 1.29 is 13.9 Å². The van der Waals surface area contributed by atoms with Crippen LogP contribution in [0.1, 0.15) is 17.9 Å². The predicted molar refractivity (Wildman–Crippen MR) is 67.5 cm³/mol. The van der Waals surface area contributed by atoms with Gasteiger partial charge in [0, 0.05) is 24.7 Å². The minimum Gasteiger partial charge on any atom is -0.507 e. The second-order valence-corrected chi connectivity index (χ2v) is 5.09. The van der Waals surface area contributed by atoms with Gasteiger partial charge in [0.05, 0.1) is 16.3 Å². The summed E-state index contributed by atoms with van der Waals surface area (Å²) >= 11 is 5.84. The molecule has 3 rings (SSSR count). The highest BCUT2D eigenvalue weighted by Gasteiger charge is 2.41. The van der Waals surface area contributed by atoms with E-state index in [1.807, 2.05) is 0 Å². The van der Waals surface area contributed by atoms with Gasteiger partial charge in [0.15, 0.2) is 5.82 Å². The number of aromatic nitrogens is 2. The molecule has 1 aliphatic carbocycles. The summed E-state index contributed by atoms with van der Waals surface area (Å²) in [5, 5.41) is 14.0. The van der Waals surface area contributed by atoms with Crippen LogP contribution in [-0.2, 0) is 7.05 Å². The molecule has 0 aliphatic heterocycles. The molecule has 2 atom stereocenters. The van der Waals surface area contributed by atoms with Crippen molar-refractivity contribution in [3.05, 3.63) is 34.7 Å². The summed E-state index contributed by atoms with van der Waals surface area (Å²) in [5.41, 5.74) is 0.728. The van der Waals surface area contributed by atoms with Crippen LogP contribution >= 0.6 is 11.6 Å². The molecule has 0 saturated heterocycles. The Morgan fingerprint density at radius 3 is 2.74 bits per heavy atom. The van der Waals surface area contributed by atoms with Gasteiger partial charge in [-0.1, -0.05) is 11.6 Å². The Morgan fingerprint density at radius 2 is 2.21 bits per heavy atom. The zero-order valence-electron chi connectivity index (χ0n) is 10.1. The Hall–Kier alpha value is -1.62. The van der Waals surface area contributed by atoms with Crippen molar-refractivity contribution in [2.45, 2.75) is 18.5 Å². The van der Waals surface area contributed by atoms with Gasteiger partial charge in [-0.3, -0.25) is 4.68 Å². The molecule has 0 spiro atoms. The van der Waals surface area contributed by atoms with Crippen LogP contribution in [-0.4, -0.2) is 21.1 Å². The molecule has 1 saturated carbocycles. The first-order valence-corrected chi connectivity index (χ1v) is 6.21. The summed E-state index contributed by atoms with van der Waals surface area (Å²) in [6.07, 6.45) is 0.830. The number of phenols is 1. The molecular weight excluding hydrogens is 274 g/mol. The normalized spacial score (nSPS) is 21.7. The summed E-state index contributed by atoms with van der Waals surface area (Å²) in [4.78, 5) is 0. The average Bonchev–Trinajstić information content (AvgIpc) is 2.94. The number of halogens is 3. The Labute approximate surface area is 113 Å². The lowest BCUT2D eigenvalue weighted by Gasteiger charge is -2.12. The van der Waals surface area contributed by atoms with E-state index in [0.29, 0.717) is 17.7 Å². The molecule has 2 unspecified atom stereocenters. The van der Waals surface area contributed by atoms with E-state index in [1.165, 1.54) is 16.9 Å². The average molecular weight is 285 g/mol. The number of nitrogens with zero attached hydrogens (tertiary/aromatic N) is 2. The molecule has 0 bridgehead atoms. The van der Waals surface area contributed by atoms with Gasteiger partial charge in [-0.25, -0.2) is 8.78 Å². The number of hydrogen-bond acceptors (Lipinski definition) is 2. The minimum atomic E-state index is -0.994. The van der Waals surface area contributed by atoms with Crippen molar-refractivity contribution >= 4 is 11.6 Å². The third-order valence-electron chi connectivity index (χ3n) is 3.41. The first-order valence-electron chi connectivity index (χ1n) is 5.84. The lowest BCUT2D eigenvalue weighted by atomic mass is 10.0. The Kier molecular flexibility index (Phi) is 2.74. The van der Waals surface area contributed by atoms with Crippen LogP contribution in [0.15, 0.2) is 18.3 Å². The van der Waals surface area contributed by atoms with Gasteiger partial charge in [0.2, 0.25) is 0 Å². The molecule has 1 aromatic carbocycles.